The van der Waals surface area contributed by atoms with E-state index in [1.165, 1.54) is 4.31 Å². The van der Waals surface area contributed by atoms with Crippen LogP contribution in [0.5, 0.6) is 0 Å². The second kappa shape index (κ2) is 5.40. The van der Waals surface area contributed by atoms with Crippen molar-refractivity contribution in [1.29, 1.82) is 0 Å². The highest BCUT2D eigenvalue weighted by atomic mass is 79.9. The monoisotopic (exact) mass is 361 g/mol. The maximum absolute atomic E-state index is 12.8. The molecule has 20 heavy (non-hydrogen) atoms. The Morgan fingerprint density at radius 3 is 2.55 bits per heavy atom. The molecule has 0 spiro atoms. The lowest BCUT2D eigenvalue weighted by molar-refractivity contribution is 0.281. The Labute approximate surface area is 129 Å². The van der Waals surface area contributed by atoms with Crippen molar-refractivity contribution in [2.75, 3.05) is 13.1 Å². The van der Waals surface area contributed by atoms with Gasteiger partial charge < -0.3 is 5.11 Å². The number of aliphatic hydroxyl groups excluding tert-OH is 1. The summed E-state index contributed by atoms with van der Waals surface area (Å²) in [6.07, 6.45) is 0.864. The molecule has 0 aromatic heterocycles. The van der Waals surface area contributed by atoms with Gasteiger partial charge in [-0.1, -0.05) is 19.9 Å². The van der Waals surface area contributed by atoms with Crippen LogP contribution in [0, 0.1) is 12.3 Å². The van der Waals surface area contributed by atoms with Crippen molar-refractivity contribution in [3.8, 4) is 0 Å². The number of rotatable bonds is 3. The standard InChI is InChI=1S/C14H20BrNO3S/c1-10-6-11(8-17)7-12(13(10)15)20(18,19)16-5-4-14(2,3)9-16/h6-7,17H,4-5,8-9H2,1-3H3. The van der Waals surface area contributed by atoms with Gasteiger partial charge in [0, 0.05) is 17.6 Å². The van der Waals surface area contributed by atoms with Gasteiger partial charge in [0.25, 0.3) is 0 Å². The van der Waals surface area contributed by atoms with Gasteiger partial charge in [0.05, 0.1) is 11.5 Å². The van der Waals surface area contributed by atoms with E-state index in [4.69, 9.17) is 0 Å². The van der Waals surface area contributed by atoms with Gasteiger partial charge in [-0.05, 0) is 51.9 Å². The summed E-state index contributed by atoms with van der Waals surface area (Å²) in [4.78, 5) is 0.249. The predicted octanol–water partition coefficient (Wildman–Crippen LogP) is 2.67. The first-order chi connectivity index (χ1) is 9.17. The summed E-state index contributed by atoms with van der Waals surface area (Å²) >= 11 is 3.37. The largest absolute Gasteiger partial charge is 0.392 e. The van der Waals surface area contributed by atoms with Crippen LogP contribution in [-0.2, 0) is 16.6 Å². The van der Waals surface area contributed by atoms with Gasteiger partial charge in [0.15, 0.2) is 0 Å². The van der Waals surface area contributed by atoms with E-state index in [1.54, 1.807) is 12.1 Å². The van der Waals surface area contributed by atoms with Crippen LogP contribution in [0.15, 0.2) is 21.5 Å². The summed E-state index contributed by atoms with van der Waals surface area (Å²) in [5.41, 5.74) is 1.44. The summed E-state index contributed by atoms with van der Waals surface area (Å²) in [6, 6.07) is 3.34. The van der Waals surface area contributed by atoms with Gasteiger partial charge in [-0.15, -0.1) is 0 Å². The van der Waals surface area contributed by atoms with E-state index in [2.05, 4.69) is 29.8 Å². The number of aliphatic hydroxyl groups is 1. The molecule has 0 amide bonds. The Morgan fingerprint density at radius 2 is 2.05 bits per heavy atom. The first-order valence-electron chi connectivity index (χ1n) is 6.57. The lowest BCUT2D eigenvalue weighted by Gasteiger charge is -2.21. The maximum Gasteiger partial charge on any atom is 0.244 e. The Bertz CT molecular complexity index is 626. The van der Waals surface area contributed by atoms with E-state index >= 15 is 0 Å². The van der Waals surface area contributed by atoms with Gasteiger partial charge in [-0.25, -0.2) is 8.42 Å². The third kappa shape index (κ3) is 2.93. The molecule has 4 nitrogen and oxygen atoms in total. The number of aryl methyl sites for hydroxylation is 1. The Balaban J connectivity index is 2.47. The van der Waals surface area contributed by atoms with Crippen LogP contribution in [0.4, 0.5) is 0 Å². The molecule has 1 heterocycles. The number of halogens is 1. The number of benzene rings is 1. The fourth-order valence-electron chi connectivity index (χ4n) is 2.50. The molecule has 1 saturated heterocycles. The summed E-state index contributed by atoms with van der Waals surface area (Å²) in [5, 5.41) is 9.27. The fourth-order valence-corrected chi connectivity index (χ4v) is 5.15. The van der Waals surface area contributed by atoms with Crippen LogP contribution in [-0.4, -0.2) is 30.9 Å². The second-order valence-electron chi connectivity index (χ2n) is 6.14. The van der Waals surface area contributed by atoms with Crippen molar-refractivity contribution >= 4 is 26.0 Å². The summed E-state index contributed by atoms with van der Waals surface area (Å²) < 4.78 is 27.7. The molecule has 1 aromatic carbocycles. The van der Waals surface area contributed by atoms with Crippen LogP contribution in [0.1, 0.15) is 31.4 Å². The number of nitrogens with zero attached hydrogens (tertiary/aromatic N) is 1. The number of hydrogen-bond acceptors (Lipinski definition) is 3. The fraction of sp³-hybridized carbons (Fsp3) is 0.571. The minimum absolute atomic E-state index is 0.0170. The summed E-state index contributed by atoms with van der Waals surface area (Å²) in [6.45, 7) is 6.90. The number of hydrogen-bond donors (Lipinski definition) is 1. The molecule has 0 bridgehead atoms. The molecule has 1 N–H and O–H groups in total. The molecule has 112 valence electrons. The molecule has 0 unspecified atom stereocenters. The van der Waals surface area contributed by atoms with Crippen LogP contribution in [0.25, 0.3) is 0 Å². The average Bonchev–Trinajstić information content (AvgIpc) is 2.73. The van der Waals surface area contributed by atoms with Crippen molar-refractivity contribution in [3.05, 3.63) is 27.7 Å². The van der Waals surface area contributed by atoms with E-state index < -0.39 is 10.0 Å². The Hall–Kier alpha value is -0.430. The summed E-state index contributed by atoms with van der Waals surface area (Å²) in [7, 11) is -3.52. The topological polar surface area (TPSA) is 57.6 Å². The highest BCUT2D eigenvalue weighted by molar-refractivity contribution is 9.10. The van der Waals surface area contributed by atoms with Crippen molar-refractivity contribution in [1.82, 2.24) is 4.31 Å². The molecule has 1 aromatic rings. The first-order valence-corrected chi connectivity index (χ1v) is 8.81. The highest BCUT2D eigenvalue weighted by Crippen LogP contribution is 2.36. The van der Waals surface area contributed by atoms with Crippen molar-refractivity contribution in [3.63, 3.8) is 0 Å². The van der Waals surface area contributed by atoms with Crippen molar-refractivity contribution in [2.24, 2.45) is 5.41 Å². The molecule has 6 heteroatoms. The zero-order chi connectivity index (χ0) is 15.1. The molecular weight excluding hydrogens is 342 g/mol. The molecule has 1 fully saturated rings. The van der Waals surface area contributed by atoms with Crippen molar-refractivity contribution < 1.29 is 13.5 Å². The van der Waals surface area contributed by atoms with E-state index in [1.807, 2.05) is 6.92 Å². The molecule has 0 radical (unpaired) electrons. The maximum atomic E-state index is 12.8. The Morgan fingerprint density at radius 1 is 1.40 bits per heavy atom. The van der Waals surface area contributed by atoms with Crippen LogP contribution in [0.3, 0.4) is 0 Å². The lowest BCUT2D eigenvalue weighted by atomic mass is 9.93. The lowest BCUT2D eigenvalue weighted by Crippen LogP contribution is -2.30. The molecule has 2 rings (SSSR count). The minimum atomic E-state index is -3.52. The molecule has 0 saturated carbocycles. The van der Waals surface area contributed by atoms with Gasteiger partial charge in [0.2, 0.25) is 10.0 Å². The normalized spacial score (nSPS) is 19.4. The third-order valence-corrected chi connectivity index (χ3v) is 6.91. The SMILES string of the molecule is Cc1cc(CO)cc(S(=O)(=O)N2CCC(C)(C)C2)c1Br. The smallest absolute Gasteiger partial charge is 0.244 e. The van der Waals surface area contributed by atoms with Gasteiger partial charge in [-0.3, -0.25) is 0 Å². The molecular formula is C14H20BrNO3S. The van der Waals surface area contributed by atoms with E-state index in [0.29, 0.717) is 23.1 Å². The molecule has 1 aliphatic heterocycles. The highest BCUT2D eigenvalue weighted by Gasteiger charge is 2.37. The zero-order valence-corrected chi connectivity index (χ0v) is 14.4. The van der Waals surface area contributed by atoms with Crippen LogP contribution < -0.4 is 0 Å². The van der Waals surface area contributed by atoms with E-state index in [0.717, 1.165) is 12.0 Å². The zero-order valence-electron chi connectivity index (χ0n) is 12.0. The third-order valence-electron chi connectivity index (χ3n) is 3.72. The molecule has 0 atom stereocenters. The minimum Gasteiger partial charge on any atom is -0.392 e. The van der Waals surface area contributed by atoms with E-state index in [-0.39, 0.29) is 16.9 Å². The Kier molecular flexibility index (Phi) is 4.31. The first kappa shape index (κ1) is 15.9. The van der Waals surface area contributed by atoms with Gasteiger partial charge >= 0.3 is 0 Å². The molecule has 1 aliphatic rings. The van der Waals surface area contributed by atoms with Crippen LogP contribution >= 0.6 is 15.9 Å². The predicted molar refractivity (Wildman–Crippen MR) is 82.0 cm³/mol. The average molecular weight is 362 g/mol. The van der Waals surface area contributed by atoms with Crippen molar-refractivity contribution in [2.45, 2.75) is 38.7 Å². The van der Waals surface area contributed by atoms with Gasteiger partial charge in [0.1, 0.15) is 0 Å². The van der Waals surface area contributed by atoms with Crippen LogP contribution in [0.2, 0.25) is 0 Å². The van der Waals surface area contributed by atoms with Gasteiger partial charge in [-0.2, -0.15) is 4.31 Å². The summed E-state index contributed by atoms with van der Waals surface area (Å²) in [5.74, 6) is 0. The second-order valence-corrected chi connectivity index (χ2v) is 8.84. The van der Waals surface area contributed by atoms with E-state index in [9.17, 15) is 13.5 Å². The quantitative estimate of drug-likeness (QED) is 0.900. The number of sulfonamides is 1. The molecule has 0 aliphatic carbocycles.